The SMILES string of the molecule is CCNc1cc(C(=O)N[C@@H](Cc2ccccc2)[C@H](O)CNCc2ccc(CC)s2)cc(N2CCCCS2(O)O)c1. The Morgan fingerprint density at radius 3 is 2.52 bits per heavy atom. The fourth-order valence-corrected chi connectivity index (χ4v) is 7.50. The third kappa shape index (κ3) is 8.22. The number of nitrogens with zero attached hydrogens (tertiary/aromatic N) is 1. The van der Waals surface area contributed by atoms with E-state index in [1.807, 2.05) is 43.3 Å². The Labute approximate surface area is 243 Å². The van der Waals surface area contributed by atoms with Crippen LogP contribution in [0.2, 0.25) is 0 Å². The van der Waals surface area contributed by atoms with Crippen LogP contribution in [-0.4, -0.2) is 57.7 Å². The van der Waals surface area contributed by atoms with Crippen molar-refractivity contribution in [2.75, 3.05) is 35.0 Å². The highest BCUT2D eigenvalue weighted by Crippen LogP contribution is 2.50. The number of aryl methyl sites for hydroxylation is 1. The van der Waals surface area contributed by atoms with Crippen LogP contribution < -0.4 is 20.3 Å². The maximum absolute atomic E-state index is 13.6. The van der Waals surface area contributed by atoms with Crippen molar-refractivity contribution in [3.05, 3.63) is 81.5 Å². The molecule has 1 aromatic heterocycles. The minimum atomic E-state index is -2.94. The molecule has 218 valence electrons. The summed E-state index contributed by atoms with van der Waals surface area (Å²) in [4.78, 5) is 16.2. The van der Waals surface area contributed by atoms with Crippen LogP contribution in [0.3, 0.4) is 0 Å². The number of thiophene rings is 1. The summed E-state index contributed by atoms with van der Waals surface area (Å²) < 4.78 is 23.0. The Hall–Kier alpha value is -2.60. The molecule has 0 saturated carbocycles. The van der Waals surface area contributed by atoms with Gasteiger partial charge in [-0.25, -0.2) is 0 Å². The van der Waals surface area contributed by atoms with Crippen molar-refractivity contribution >= 4 is 39.4 Å². The van der Waals surface area contributed by atoms with E-state index in [4.69, 9.17) is 0 Å². The molecule has 8 nitrogen and oxygen atoms in total. The van der Waals surface area contributed by atoms with Crippen molar-refractivity contribution in [1.29, 1.82) is 0 Å². The molecule has 2 atom stereocenters. The van der Waals surface area contributed by atoms with E-state index in [-0.39, 0.29) is 5.91 Å². The maximum Gasteiger partial charge on any atom is 0.251 e. The van der Waals surface area contributed by atoms with Crippen molar-refractivity contribution in [3.63, 3.8) is 0 Å². The van der Waals surface area contributed by atoms with E-state index in [1.54, 1.807) is 27.8 Å². The number of aliphatic hydroxyl groups is 1. The Balaban J connectivity index is 1.52. The first-order valence-corrected chi connectivity index (χ1v) is 16.5. The number of benzene rings is 2. The standard InChI is InChI=1S/C30H42N4O4S2/c1-3-26-12-13-27(39-26)20-31-21-29(35)28(16-22-10-6-5-7-11-22)33-30(36)23-17-24(32-4-2)19-25(18-23)34-14-8-9-15-40(34,37)38/h5-7,10-13,17-19,28-29,31-32,35,37-38H,3-4,8-9,14-16,20-21H2,1-2H3,(H,33,36)/t28-,29+/m0/s1. The first-order chi connectivity index (χ1) is 19.3. The van der Waals surface area contributed by atoms with Gasteiger partial charge in [-0.05, 0) is 68.5 Å². The van der Waals surface area contributed by atoms with Gasteiger partial charge in [0.05, 0.1) is 23.6 Å². The molecule has 3 aromatic rings. The second-order valence-electron chi connectivity index (χ2n) is 10.1. The van der Waals surface area contributed by atoms with Crippen molar-refractivity contribution in [3.8, 4) is 0 Å². The second-order valence-corrected chi connectivity index (χ2v) is 13.5. The van der Waals surface area contributed by atoms with Gasteiger partial charge in [0.1, 0.15) is 0 Å². The Morgan fingerprint density at radius 2 is 1.82 bits per heavy atom. The number of carbonyl (C=O) groups is 1. The van der Waals surface area contributed by atoms with E-state index < -0.39 is 22.9 Å². The normalized spacial score (nSPS) is 17.2. The minimum Gasteiger partial charge on any atom is -0.390 e. The van der Waals surface area contributed by atoms with E-state index in [0.29, 0.717) is 49.6 Å². The van der Waals surface area contributed by atoms with Gasteiger partial charge in [-0.2, -0.15) is 0 Å². The molecule has 1 aliphatic heterocycles. The molecule has 0 spiro atoms. The predicted molar refractivity (Wildman–Crippen MR) is 168 cm³/mol. The van der Waals surface area contributed by atoms with Crippen LogP contribution in [0.1, 0.15) is 52.4 Å². The van der Waals surface area contributed by atoms with Crippen LogP contribution in [0, 0.1) is 0 Å². The summed E-state index contributed by atoms with van der Waals surface area (Å²) in [6, 6.07) is 18.9. The molecule has 0 aliphatic carbocycles. The number of nitrogens with one attached hydrogen (secondary N) is 3. The summed E-state index contributed by atoms with van der Waals surface area (Å²) in [5, 5.41) is 20.9. The lowest BCUT2D eigenvalue weighted by Gasteiger charge is -2.47. The minimum absolute atomic E-state index is 0.319. The largest absolute Gasteiger partial charge is 0.390 e. The highest BCUT2D eigenvalue weighted by molar-refractivity contribution is 8.25. The fourth-order valence-electron chi connectivity index (χ4n) is 4.89. The van der Waals surface area contributed by atoms with E-state index in [2.05, 4.69) is 35.0 Å². The van der Waals surface area contributed by atoms with E-state index in [1.165, 1.54) is 9.75 Å². The van der Waals surface area contributed by atoms with Crippen LogP contribution in [0.25, 0.3) is 0 Å². The van der Waals surface area contributed by atoms with Crippen LogP contribution in [0.5, 0.6) is 0 Å². The van der Waals surface area contributed by atoms with Gasteiger partial charge < -0.3 is 21.1 Å². The molecule has 0 bridgehead atoms. The van der Waals surface area contributed by atoms with Crippen LogP contribution in [0.15, 0.2) is 60.7 Å². The molecule has 10 heteroatoms. The summed E-state index contributed by atoms with van der Waals surface area (Å²) in [5.74, 6) is 0.00380. The van der Waals surface area contributed by atoms with Crippen LogP contribution in [-0.2, 0) is 19.4 Å². The van der Waals surface area contributed by atoms with Gasteiger partial charge in [-0.3, -0.25) is 18.2 Å². The van der Waals surface area contributed by atoms with Crippen molar-refractivity contribution in [1.82, 2.24) is 10.6 Å². The third-order valence-corrected chi connectivity index (χ3v) is 10.2. The van der Waals surface area contributed by atoms with Gasteiger partial charge in [-0.1, -0.05) is 37.3 Å². The average Bonchev–Trinajstić information content (AvgIpc) is 3.41. The first kappa shape index (κ1) is 30.4. The van der Waals surface area contributed by atoms with Gasteiger partial charge in [-0.15, -0.1) is 22.1 Å². The van der Waals surface area contributed by atoms with E-state index >= 15 is 0 Å². The Bertz CT molecular complexity index is 1240. The van der Waals surface area contributed by atoms with E-state index in [9.17, 15) is 19.0 Å². The molecular formula is C30H42N4O4S2. The predicted octanol–water partition coefficient (Wildman–Crippen LogP) is 5.50. The second kappa shape index (κ2) is 14.3. The lowest BCUT2D eigenvalue weighted by Crippen LogP contribution is -2.48. The first-order valence-electron chi connectivity index (χ1n) is 14.0. The average molecular weight is 587 g/mol. The molecule has 1 aliphatic rings. The smallest absolute Gasteiger partial charge is 0.251 e. The highest BCUT2D eigenvalue weighted by Gasteiger charge is 2.28. The molecule has 6 N–H and O–H groups in total. The zero-order valence-corrected chi connectivity index (χ0v) is 24.9. The van der Waals surface area contributed by atoms with Gasteiger partial charge in [0, 0.05) is 47.2 Å². The molecule has 1 amide bonds. The molecule has 0 radical (unpaired) electrons. The fraction of sp³-hybridized carbons (Fsp3) is 0.433. The number of carbonyl (C=O) groups excluding carboxylic acids is 1. The molecular weight excluding hydrogens is 544 g/mol. The number of hydrogen-bond acceptors (Lipinski definition) is 8. The van der Waals surface area contributed by atoms with Crippen molar-refractivity contribution in [2.45, 2.75) is 58.2 Å². The zero-order valence-electron chi connectivity index (χ0n) is 23.3. The number of anilines is 2. The molecule has 0 unspecified atom stereocenters. The summed E-state index contributed by atoms with van der Waals surface area (Å²) >= 11 is 1.76. The molecule has 2 heterocycles. The van der Waals surface area contributed by atoms with Gasteiger partial charge in [0.25, 0.3) is 5.91 Å². The quantitative estimate of drug-likeness (QED) is 0.157. The molecule has 2 aromatic carbocycles. The third-order valence-electron chi connectivity index (χ3n) is 7.03. The van der Waals surface area contributed by atoms with Crippen molar-refractivity contribution in [2.24, 2.45) is 0 Å². The monoisotopic (exact) mass is 586 g/mol. The van der Waals surface area contributed by atoms with Crippen LogP contribution in [0.4, 0.5) is 11.4 Å². The number of amides is 1. The highest BCUT2D eigenvalue weighted by atomic mass is 32.3. The summed E-state index contributed by atoms with van der Waals surface area (Å²) in [7, 11) is -2.94. The molecule has 1 fully saturated rings. The molecule has 40 heavy (non-hydrogen) atoms. The Kier molecular flexibility index (Phi) is 10.9. The van der Waals surface area contributed by atoms with Gasteiger partial charge in [0.15, 0.2) is 0 Å². The van der Waals surface area contributed by atoms with Crippen LogP contribution >= 0.6 is 22.1 Å². The number of rotatable bonds is 13. The summed E-state index contributed by atoms with van der Waals surface area (Å²) in [5.41, 5.74) is 2.75. The molecule has 1 saturated heterocycles. The lowest BCUT2D eigenvalue weighted by atomic mass is 10.00. The zero-order chi connectivity index (χ0) is 28.5. The maximum atomic E-state index is 13.6. The van der Waals surface area contributed by atoms with Gasteiger partial charge >= 0.3 is 0 Å². The number of aliphatic hydroxyl groups excluding tert-OH is 1. The Morgan fingerprint density at radius 1 is 1.05 bits per heavy atom. The topological polar surface area (TPSA) is 117 Å². The summed E-state index contributed by atoms with van der Waals surface area (Å²) in [6.45, 7) is 6.27. The lowest BCUT2D eigenvalue weighted by molar-refractivity contribution is 0.0830. The van der Waals surface area contributed by atoms with Gasteiger partial charge in [0.2, 0.25) is 0 Å². The summed E-state index contributed by atoms with van der Waals surface area (Å²) in [6.07, 6.45) is 2.28. The molecule has 4 rings (SSSR count). The number of hydrogen-bond donors (Lipinski definition) is 6. The van der Waals surface area contributed by atoms with Crippen molar-refractivity contribution < 1.29 is 19.0 Å². The van der Waals surface area contributed by atoms with E-state index in [0.717, 1.165) is 30.5 Å².